The highest BCUT2D eigenvalue weighted by Gasteiger charge is 2.21. The molecule has 0 radical (unpaired) electrons. The van der Waals surface area contributed by atoms with Gasteiger partial charge in [-0.2, -0.15) is 4.68 Å². The fourth-order valence-electron chi connectivity index (χ4n) is 2.38. The van der Waals surface area contributed by atoms with Gasteiger partial charge >= 0.3 is 5.97 Å². The van der Waals surface area contributed by atoms with Crippen molar-refractivity contribution in [3.05, 3.63) is 58.6 Å². The second-order valence-corrected chi connectivity index (χ2v) is 5.41. The van der Waals surface area contributed by atoms with E-state index < -0.39 is 17.3 Å². The van der Waals surface area contributed by atoms with E-state index in [1.54, 1.807) is 24.3 Å². The van der Waals surface area contributed by atoms with Crippen LogP contribution in [0.3, 0.4) is 0 Å². The van der Waals surface area contributed by atoms with Gasteiger partial charge in [0, 0.05) is 17.0 Å². The minimum absolute atomic E-state index is 0.0355. The molecule has 122 valence electrons. The monoisotopic (exact) mass is 346 g/mol. The van der Waals surface area contributed by atoms with Crippen LogP contribution in [-0.4, -0.2) is 31.3 Å². The Morgan fingerprint density at radius 1 is 1.33 bits per heavy atom. The first kappa shape index (κ1) is 16.1. The predicted octanol–water partition coefficient (Wildman–Crippen LogP) is 3.38. The Kier molecular flexibility index (Phi) is 4.26. The minimum Gasteiger partial charge on any atom is -0.478 e. The van der Waals surface area contributed by atoms with Crippen LogP contribution in [0.1, 0.15) is 23.1 Å². The molecule has 0 spiro atoms. The van der Waals surface area contributed by atoms with E-state index in [-0.39, 0.29) is 5.69 Å². The van der Waals surface area contributed by atoms with Gasteiger partial charge in [0.05, 0.1) is 5.56 Å². The first-order valence-corrected chi connectivity index (χ1v) is 7.50. The molecule has 8 heteroatoms. The van der Waals surface area contributed by atoms with E-state index in [4.69, 9.17) is 11.6 Å². The van der Waals surface area contributed by atoms with Gasteiger partial charge < -0.3 is 5.11 Å². The number of carboxylic acid groups (broad SMARTS) is 1. The molecule has 0 bridgehead atoms. The van der Waals surface area contributed by atoms with Gasteiger partial charge in [-0.25, -0.2) is 9.18 Å². The Morgan fingerprint density at radius 2 is 2.08 bits per heavy atom. The number of halogens is 2. The highest BCUT2D eigenvalue weighted by molar-refractivity contribution is 6.33. The first-order valence-electron chi connectivity index (χ1n) is 7.12. The zero-order valence-electron chi connectivity index (χ0n) is 12.6. The lowest BCUT2D eigenvalue weighted by atomic mass is 10.0. The van der Waals surface area contributed by atoms with Crippen LogP contribution < -0.4 is 0 Å². The number of carbonyl (C=O) groups is 1. The third-order valence-electron chi connectivity index (χ3n) is 3.55. The van der Waals surface area contributed by atoms with E-state index in [2.05, 4.69) is 15.5 Å². The quantitative estimate of drug-likeness (QED) is 0.783. The summed E-state index contributed by atoms with van der Waals surface area (Å²) < 4.78 is 15.9. The molecule has 0 fully saturated rings. The summed E-state index contributed by atoms with van der Waals surface area (Å²) in [6.45, 7) is 1.82. The van der Waals surface area contributed by atoms with Crippen molar-refractivity contribution in [3.8, 4) is 16.8 Å². The molecule has 6 nitrogen and oxygen atoms in total. The Labute approximate surface area is 141 Å². The smallest absolute Gasteiger partial charge is 0.338 e. The van der Waals surface area contributed by atoms with Crippen molar-refractivity contribution in [2.45, 2.75) is 13.3 Å². The van der Waals surface area contributed by atoms with Crippen molar-refractivity contribution in [3.63, 3.8) is 0 Å². The van der Waals surface area contributed by atoms with Crippen molar-refractivity contribution >= 4 is 17.6 Å². The Bertz CT molecular complexity index is 926. The molecule has 1 N–H and O–H groups in total. The summed E-state index contributed by atoms with van der Waals surface area (Å²) in [5.74, 6) is -1.87. The van der Waals surface area contributed by atoms with Crippen molar-refractivity contribution in [2.24, 2.45) is 0 Å². The Balaban J connectivity index is 2.30. The zero-order valence-corrected chi connectivity index (χ0v) is 13.3. The van der Waals surface area contributed by atoms with Crippen LogP contribution in [0.15, 0.2) is 36.4 Å². The molecule has 24 heavy (non-hydrogen) atoms. The molecule has 0 saturated heterocycles. The lowest BCUT2D eigenvalue weighted by molar-refractivity contribution is 0.0692. The number of hydrogen-bond acceptors (Lipinski definition) is 4. The number of aromatic nitrogens is 4. The minimum atomic E-state index is -1.38. The largest absolute Gasteiger partial charge is 0.478 e. The van der Waals surface area contributed by atoms with Crippen molar-refractivity contribution < 1.29 is 14.3 Å². The lowest BCUT2D eigenvalue weighted by Gasteiger charge is -2.11. The van der Waals surface area contributed by atoms with Crippen molar-refractivity contribution in [1.29, 1.82) is 0 Å². The van der Waals surface area contributed by atoms with Crippen molar-refractivity contribution in [1.82, 2.24) is 20.2 Å². The number of carboxylic acids is 1. The Morgan fingerprint density at radius 3 is 2.75 bits per heavy atom. The topological polar surface area (TPSA) is 80.9 Å². The normalized spacial score (nSPS) is 10.8. The molecule has 0 aliphatic heterocycles. The number of nitrogens with zero attached hydrogens (tertiary/aromatic N) is 4. The molecule has 0 amide bonds. The van der Waals surface area contributed by atoms with Crippen LogP contribution in [0.5, 0.6) is 0 Å². The lowest BCUT2D eigenvalue weighted by Crippen LogP contribution is -2.10. The van der Waals surface area contributed by atoms with E-state index in [9.17, 15) is 14.3 Å². The second kappa shape index (κ2) is 6.37. The molecule has 0 saturated carbocycles. The van der Waals surface area contributed by atoms with Crippen molar-refractivity contribution in [2.75, 3.05) is 0 Å². The third kappa shape index (κ3) is 2.74. The van der Waals surface area contributed by atoms with Gasteiger partial charge in [-0.1, -0.05) is 36.7 Å². The van der Waals surface area contributed by atoms with Crippen LogP contribution in [0, 0.1) is 5.82 Å². The average molecular weight is 347 g/mol. The number of hydrogen-bond donors (Lipinski definition) is 1. The maximum absolute atomic E-state index is 14.7. The Hall–Kier alpha value is -2.80. The summed E-state index contributed by atoms with van der Waals surface area (Å²) >= 11 is 6.18. The number of benzene rings is 2. The number of aromatic carboxylic acids is 1. The maximum Gasteiger partial charge on any atom is 0.338 e. The summed E-state index contributed by atoms with van der Waals surface area (Å²) in [7, 11) is 0. The van der Waals surface area contributed by atoms with Crippen LogP contribution in [0.25, 0.3) is 16.8 Å². The summed E-state index contributed by atoms with van der Waals surface area (Å²) in [5, 5.41) is 20.9. The van der Waals surface area contributed by atoms with Crippen LogP contribution in [0.4, 0.5) is 4.39 Å². The summed E-state index contributed by atoms with van der Waals surface area (Å²) in [4.78, 5) is 11.4. The summed E-state index contributed by atoms with van der Waals surface area (Å²) in [6, 6.07) is 9.65. The van der Waals surface area contributed by atoms with Gasteiger partial charge in [0.25, 0.3) is 0 Å². The van der Waals surface area contributed by atoms with Crippen LogP contribution in [-0.2, 0) is 6.42 Å². The van der Waals surface area contributed by atoms with E-state index in [0.717, 1.165) is 0 Å². The fraction of sp³-hybridized carbons (Fsp3) is 0.125. The first-order chi connectivity index (χ1) is 11.5. The summed E-state index contributed by atoms with van der Waals surface area (Å²) in [6.07, 6.45) is 0.463. The van der Waals surface area contributed by atoms with Gasteiger partial charge in [0.1, 0.15) is 5.69 Å². The molecular formula is C16H12ClFN4O2. The SMILES string of the molecule is CCc1nnnn1-c1cc(-c2ccccc2Cl)cc(C(=O)O)c1F. The van der Waals surface area contributed by atoms with Gasteiger partial charge in [0.15, 0.2) is 11.6 Å². The number of rotatable bonds is 4. The molecule has 1 aromatic heterocycles. The summed E-state index contributed by atoms with van der Waals surface area (Å²) in [5.41, 5.74) is 0.549. The van der Waals surface area contributed by atoms with E-state index >= 15 is 0 Å². The van der Waals surface area contributed by atoms with Crippen LogP contribution >= 0.6 is 11.6 Å². The second-order valence-electron chi connectivity index (χ2n) is 5.00. The zero-order chi connectivity index (χ0) is 17.3. The van der Waals surface area contributed by atoms with Gasteiger partial charge in [-0.15, -0.1) is 5.10 Å². The molecule has 1 heterocycles. The third-order valence-corrected chi connectivity index (χ3v) is 3.88. The molecule has 2 aromatic carbocycles. The molecule has 3 rings (SSSR count). The molecule has 0 atom stereocenters. The van der Waals surface area contributed by atoms with Gasteiger partial charge in [0.2, 0.25) is 0 Å². The maximum atomic E-state index is 14.7. The molecule has 3 aromatic rings. The van der Waals surface area contributed by atoms with E-state index in [1.165, 1.54) is 16.8 Å². The predicted molar refractivity (Wildman–Crippen MR) is 85.9 cm³/mol. The molecular weight excluding hydrogens is 335 g/mol. The average Bonchev–Trinajstić information content (AvgIpc) is 3.04. The highest BCUT2D eigenvalue weighted by atomic mass is 35.5. The molecule has 0 aliphatic carbocycles. The number of tetrazole rings is 1. The van der Waals surface area contributed by atoms with E-state index in [0.29, 0.717) is 28.4 Å². The molecule has 0 unspecified atom stereocenters. The van der Waals surface area contributed by atoms with Gasteiger partial charge in [-0.05, 0) is 34.2 Å². The fourth-order valence-corrected chi connectivity index (χ4v) is 2.63. The van der Waals surface area contributed by atoms with Crippen LogP contribution in [0.2, 0.25) is 5.02 Å². The van der Waals surface area contributed by atoms with Gasteiger partial charge in [-0.3, -0.25) is 0 Å². The molecule has 0 aliphatic rings. The standard InChI is InChI=1S/C16H12ClFN4O2/c1-2-14-19-20-21-22(14)13-8-9(7-11(15(13)18)16(23)24)10-5-3-4-6-12(10)17/h3-8H,2H2,1H3,(H,23,24). The van der Waals surface area contributed by atoms with E-state index in [1.807, 2.05) is 6.92 Å². The highest BCUT2D eigenvalue weighted by Crippen LogP contribution is 2.32. The number of aryl methyl sites for hydroxylation is 1.